The number of hydrogen-bond donors (Lipinski definition) is 2. The Balaban J connectivity index is 1.70. The van der Waals surface area contributed by atoms with E-state index in [0.717, 1.165) is 11.3 Å². The molecule has 1 aromatic rings. The zero-order chi connectivity index (χ0) is 12.5. The molecule has 3 heteroatoms. The molecule has 0 spiro atoms. The predicted molar refractivity (Wildman–Crippen MR) is 74.1 cm³/mol. The van der Waals surface area contributed by atoms with Crippen molar-refractivity contribution in [3.63, 3.8) is 0 Å². The van der Waals surface area contributed by atoms with Crippen molar-refractivity contribution in [1.82, 2.24) is 4.90 Å². The van der Waals surface area contributed by atoms with Gasteiger partial charge in [0, 0.05) is 30.4 Å². The van der Waals surface area contributed by atoms with E-state index in [1.165, 1.54) is 38.8 Å². The van der Waals surface area contributed by atoms with Gasteiger partial charge in [0.1, 0.15) is 5.75 Å². The van der Waals surface area contributed by atoms with Crippen LogP contribution in [0, 0.1) is 6.92 Å². The van der Waals surface area contributed by atoms with E-state index in [2.05, 4.69) is 16.3 Å². The number of nitrogens with zero attached hydrogens (tertiary/aromatic N) is 1. The molecule has 2 unspecified atom stereocenters. The zero-order valence-corrected chi connectivity index (χ0v) is 11.0. The first-order valence-electron chi connectivity index (χ1n) is 7.04. The van der Waals surface area contributed by atoms with Crippen LogP contribution in [0.4, 0.5) is 5.69 Å². The summed E-state index contributed by atoms with van der Waals surface area (Å²) in [5, 5.41) is 13.4. The fraction of sp³-hybridized carbons (Fsp3) is 0.600. The van der Waals surface area contributed by atoms with Crippen LogP contribution < -0.4 is 5.32 Å². The minimum atomic E-state index is 0.387. The Hall–Kier alpha value is -1.22. The van der Waals surface area contributed by atoms with Crippen LogP contribution in [-0.2, 0) is 0 Å². The first kappa shape index (κ1) is 11.8. The molecule has 2 aliphatic rings. The van der Waals surface area contributed by atoms with Gasteiger partial charge in [-0.05, 0) is 44.4 Å². The van der Waals surface area contributed by atoms with Gasteiger partial charge in [0.05, 0.1) is 0 Å². The molecule has 98 valence electrons. The number of piperidine rings is 1. The van der Waals surface area contributed by atoms with Gasteiger partial charge in [0.25, 0.3) is 0 Å². The average Bonchev–Trinajstić information content (AvgIpc) is 2.78. The summed E-state index contributed by atoms with van der Waals surface area (Å²) in [6.07, 6.45) is 5.25. The first-order valence-corrected chi connectivity index (χ1v) is 7.04. The van der Waals surface area contributed by atoms with Gasteiger partial charge in [0.15, 0.2) is 0 Å². The molecule has 2 heterocycles. The van der Waals surface area contributed by atoms with Crippen LogP contribution in [0.1, 0.15) is 31.2 Å². The molecule has 2 fully saturated rings. The van der Waals surface area contributed by atoms with Crippen molar-refractivity contribution in [3.8, 4) is 5.75 Å². The molecule has 1 aromatic carbocycles. The molecular weight excluding hydrogens is 224 g/mol. The van der Waals surface area contributed by atoms with Gasteiger partial charge < -0.3 is 10.4 Å². The van der Waals surface area contributed by atoms with Gasteiger partial charge in [-0.25, -0.2) is 0 Å². The van der Waals surface area contributed by atoms with Crippen molar-refractivity contribution in [2.45, 2.75) is 44.7 Å². The molecule has 2 atom stereocenters. The summed E-state index contributed by atoms with van der Waals surface area (Å²) in [5.41, 5.74) is 1.99. The minimum absolute atomic E-state index is 0.387. The van der Waals surface area contributed by atoms with Crippen molar-refractivity contribution in [3.05, 3.63) is 23.8 Å². The molecule has 0 aromatic heterocycles. The third kappa shape index (κ3) is 2.19. The van der Waals surface area contributed by atoms with Crippen molar-refractivity contribution < 1.29 is 5.11 Å². The van der Waals surface area contributed by atoms with Gasteiger partial charge >= 0.3 is 0 Å². The monoisotopic (exact) mass is 246 g/mol. The highest BCUT2D eigenvalue weighted by molar-refractivity contribution is 5.51. The smallest absolute Gasteiger partial charge is 0.120 e. The highest BCUT2D eigenvalue weighted by Gasteiger charge is 2.35. The van der Waals surface area contributed by atoms with E-state index in [1.54, 1.807) is 0 Å². The van der Waals surface area contributed by atoms with E-state index in [-0.39, 0.29) is 0 Å². The summed E-state index contributed by atoms with van der Waals surface area (Å²) >= 11 is 0. The molecule has 2 saturated heterocycles. The summed E-state index contributed by atoms with van der Waals surface area (Å²) in [6, 6.07) is 7.14. The van der Waals surface area contributed by atoms with E-state index < -0.39 is 0 Å². The van der Waals surface area contributed by atoms with Crippen molar-refractivity contribution >= 4 is 5.69 Å². The van der Waals surface area contributed by atoms with E-state index in [9.17, 15) is 5.11 Å². The lowest BCUT2D eigenvalue weighted by atomic mass is 9.99. The Morgan fingerprint density at radius 2 is 2.11 bits per heavy atom. The Bertz CT molecular complexity index is 433. The third-order valence-corrected chi connectivity index (χ3v) is 4.42. The fourth-order valence-corrected chi connectivity index (χ4v) is 3.33. The lowest BCUT2D eigenvalue weighted by Crippen LogP contribution is -2.41. The standard InChI is InChI=1S/C15H22N2O/c1-11-5-6-12(10-15(11)18)16-13-7-9-17-8-3-2-4-14(13)17/h5-6,10,13-14,16,18H,2-4,7-9H2,1H3. The van der Waals surface area contributed by atoms with Crippen molar-refractivity contribution in [2.75, 3.05) is 18.4 Å². The van der Waals surface area contributed by atoms with Crippen LogP contribution in [0.5, 0.6) is 5.75 Å². The average molecular weight is 246 g/mol. The Labute approximate surface area is 109 Å². The lowest BCUT2D eigenvalue weighted by molar-refractivity contribution is 0.193. The van der Waals surface area contributed by atoms with Crippen LogP contribution in [0.25, 0.3) is 0 Å². The number of nitrogens with one attached hydrogen (secondary N) is 1. The fourth-order valence-electron chi connectivity index (χ4n) is 3.33. The number of phenolic OH excluding ortho intramolecular Hbond substituents is 1. The van der Waals surface area contributed by atoms with Crippen LogP contribution in [-0.4, -0.2) is 35.2 Å². The maximum Gasteiger partial charge on any atom is 0.120 e. The van der Waals surface area contributed by atoms with Gasteiger partial charge in [-0.15, -0.1) is 0 Å². The van der Waals surface area contributed by atoms with Crippen LogP contribution in [0.3, 0.4) is 0 Å². The second-order valence-corrected chi connectivity index (χ2v) is 5.64. The van der Waals surface area contributed by atoms with E-state index in [4.69, 9.17) is 0 Å². The highest BCUT2D eigenvalue weighted by atomic mass is 16.3. The number of hydrogen-bond acceptors (Lipinski definition) is 3. The normalized spacial score (nSPS) is 28.1. The number of benzene rings is 1. The lowest BCUT2D eigenvalue weighted by Gasteiger charge is -2.33. The second kappa shape index (κ2) is 4.81. The van der Waals surface area contributed by atoms with Gasteiger partial charge in [-0.2, -0.15) is 0 Å². The molecule has 0 saturated carbocycles. The number of anilines is 1. The number of phenols is 1. The first-order chi connectivity index (χ1) is 8.74. The maximum absolute atomic E-state index is 9.76. The second-order valence-electron chi connectivity index (χ2n) is 5.64. The van der Waals surface area contributed by atoms with Gasteiger partial charge in [0.2, 0.25) is 0 Å². The summed E-state index contributed by atoms with van der Waals surface area (Å²) in [4.78, 5) is 2.62. The molecule has 2 aliphatic heterocycles. The van der Waals surface area contributed by atoms with Crippen LogP contribution in [0.15, 0.2) is 18.2 Å². The van der Waals surface area contributed by atoms with E-state index in [0.29, 0.717) is 17.8 Å². The Morgan fingerprint density at radius 1 is 1.22 bits per heavy atom. The topological polar surface area (TPSA) is 35.5 Å². The maximum atomic E-state index is 9.76. The van der Waals surface area contributed by atoms with Crippen LogP contribution >= 0.6 is 0 Å². The number of fused-ring (bicyclic) bond motifs is 1. The molecular formula is C15H22N2O. The molecule has 0 aliphatic carbocycles. The summed E-state index contributed by atoms with van der Waals surface area (Å²) in [5.74, 6) is 0.387. The van der Waals surface area contributed by atoms with E-state index >= 15 is 0 Å². The quantitative estimate of drug-likeness (QED) is 0.842. The molecule has 0 radical (unpaired) electrons. The molecule has 3 nitrogen and oxygen atoms in total. The number of rotatable bonds is 2. The molecule has 3 rings (SSSR count). The third-order valence-electron chi connectivity index (χ3n) is 4.42. The summed E-state index contributed by atoms with van der Waals surface area (Å²) in [7, 11) is 0. The van der Waals surface area contributed by atoms with Crippen LogP contribution in [0.2, 0.25) is 0 Å². The summed E-state index contributed by atoms with van der Waals surface area (Å²) in [6.45, 7) is 4.42. The number of aryl methyl sites for hydroxylation is 1. The molecule has 2 N–H and O–H groups in total. The minimum Gasteiger partial charge on any atom is -0.508 e. The summed E-state index contributed by atoms with van der Waals surface area (Å²) < 4.78 is 0. The van der Waals surface area contributed by atoms with E-state index in [1.807, 2.05) is 19.1 Å². The predicted octanol–water partition coefficient (Wildman–Crippen LogP) is 2.74. The number of aromatic hydroxyl groups is 1. The molecule has 0 amide bonds. The van der Waals surface area contributed by atoms with Gasteiger partial charge in [-0.1, -0.05) is 12.5 Å². The zero-order valence-electron chi connectivity index (χ0n) is 11.0. The molecule has 0 bridgehead atoms. The van der Waals surface area contributed by atoms with Crippen molar-refractivity contribution in [2.24, 2.45) is 0 Å². The highest BCUT2D eigenvalue weighted by Crippen LogP contribution is 2.30. The van der Waals surface area contributed by atoms with Crippen molar-refractivity contribution in [1.29, 1.82) is 0 Å². The SMILES string of the molecule is Cc1ccc(NC2CCN3CCCCC23)cc1O. The molecule has 18 heavy (non-hydrogen) atoms. The largest absolute Gasteiger partial charge is 0.508 e. The van der Waals surface area contributed by atoms with Gasteiger partial charge in [-0.3, -0.25) is 4.90 Å². The Kier molecular flexibility index (Phi) is 3.16. The Morgan fingerprint density at radius 3 is 2.94 bits per heavy atom.